The summed E-state index contributed by atoms with van der Waals surface area (Å²) in [7, 11) is 0. The number of urea groups is 1. The molecule has 1 fully saturated rings. The van der Waals surface area contributed by atoms with Crippen molar-refractivity contribution in [2.24, 2.45) is 0 Å². The van der Waals surface area contributed by atoms with Gasteiger partial charge >= 0.3 is 6.03 Å². The second-order valence-electron chi connectivity index (χ2n) is 7.52. The Bertz CT molecular complexity index is 1270. The number of imide groups is 2. The number of ether oxygens (including phenoxy) is 1. The van der Waals surface area contributed by atoms with Crippen molar-refractivity contribution in [2.75, 3.05) is 11.5 Å². The van der Waals surface area contributed by atoms with Crippen LogP contribution >= 0.6 is 15.9 Å². The van der Waals surface area contributed by atoms with E-state index >= 15 is 0 Å². The van der Waals surface area contributed by atoms with Crippen LogP contribution in [0, 0.1) is 13.8 Å². The Hall–Kier alpha value is -3.65. The Morgan fingerprint density at radius 3 is 2.24 bits per heavy atom. The number of hydrogen-bond donors (Lipinski definition) is 1. The van der Waals surface area contributed by atoms with E-state index in [4.69, 9.17) is 4.74 Å². The van der Waals surface area contributed by atoms with Gasteiger partial charge in [0.1, 0.15) is 11.3 Å². The molecule has 0 radical (unpaired) electrons. The number of rotatable bonds is 5. The number of hydrogen-bond acceptors (Lipinski definition) is 4. The van der Waals surface area contributed by atoms with Crippen LogP contribution in [0.4, 0.5) is 10.5 Å². The van der Waals surface area contributed by atoms with Crippen LogP contribution < -0.4 is 15.0 Å². The van der Waals surface area contributed by atoms with Gasteiger partial charge in [-0.25, -0.2) is 9.69 Å². The first kappa shape index (κ1) is 22.5. The molecule has 0 spiro atoms. The summed E-state index contributed by atoms with van der Waals surface area (Å²) in [6.07, 6.45) is 1.53. The summed E-state index contributed by atoms with van der Waals surface area (Å²) in [5.41, 5.74) is 3.73. The standard InChI is InChI=1S/C25H22BrN3O4/c1-4-33-21-11-9-20(10-12-21)29-24(31)22(23(30)27-25(29)32)14-17-13-15(2)28(16(17)3)19-7-5-18(26)6-8-19/h5-14H,4H2,1-3H3,(H,27,30,32). The van der Waals surface area contributed by atoms with Gasteiger partial charge in [-0.2, -0.15) is 0 Å². The van der Waals surface area contributed by atoms with Gasteiger partial charge in [-0.15, -0.1) is 0 Å². The number of benzene rings is 2. The van der Waals surface area contributed by atoms with Gasteiger partial charge in [0.25, 0.3) is 11.8 Å². The first-order chi connectivity index (χ1) is 15.8. The second kappa shape index (κ2) is 9.07. The van der Waals surface area contributed by atoms with E-state index in [2.05, 4.69) is 21.2 Å². The van der Waals surface area contributed by atoms with Crippen LogP contribution in [0.15, 0.2) is 64.6 Å². The zero-order valence-electron chi connectivity index (χ0n) is 18.4. The van der Waals surface area contributed by atoms with Crippen LogP contribution in [-0.4, -0.2) is 29.0 Å². The fourth-order valence-corrected chi connectivity index (χ4v) is 4.09. The number of anilines is 1. The van der Waals surface area contributed by atoms with Gasteiger partial charge < -0.3 is 9.30 Å². The van der Waals surface area contributed by atoms with Crippen molar-refractivity contribution in [3.05, 3.63) is 81.6 Å². The van der Waals surface area contributed by atoms with Gasteiger partial charge in [-0.1, -0.05) is 15.9 Å². The molecule has 2 heterocycles. The molecule has 0 bridgehead atoms. The Labute approximate surface area is 199 Å². The lowest BCUT2D eigenvalue weighted by molar-refractivity contribution is -0.122. The minimum Gasteiger partial charge on any atom is -0.494 e. The van der Waals surface area contributed by atoms with Gasteiger partial charge in [0.05, 0.1) is 12.3 Å². The van der Waals surface area contributed by atoms with E-state index in [1.54, 1.807) is 24.3 Å². The first-order valence-corrected chi connectivity index (χ1v) is 11.2. The molecule has 1 aliphatic heterocycles. The van der Waals surface area contributed by atoms with Crippen LogP contribution in [-0.2, 0) is 9.59 Å². The Morgan fingerprint density at radius 1 is 0.970 bits per heavy atom. The number of halogens is 1. The van der Waals surface area contributed by atoms with Crippen LogP contribution in [0.3, 0.4) is 0 Å². The van der Waals surface area contributed by atoms with Crippen molar-refractivity contribution >= 4 is 45.5 Å². The van der Waals surface area contributed by atoms with Gasteiger partial charge in [0.2, 0.25) is 0 Å². The van der Waals surface area contributed by atoms with E-state index in [0.717, 1.165) is 32.0 Å². The van der Waals surface area contributed by atoms with E-state index in [-0.39, 0.29) is 5.57 Å². The summed E-state index contributed by atoms with van der Waals surface area (Å²) < 4.78 is 8.43. The molecule has 4 amide bonds. The average Bonchev–Trinajstić information content (AvgIpc) is 3.06. The minimum absolute atomic E-state index is 0.112. The van der Waals surface area contributed by atoms with E-state index in [9.17, 15) is 14.4 Å². The maximum Gasteiger partial charge on any atom is 0.335 e. The van der Waals surface area contributed by atoms with E-state index in [1.807, 2.05) is 55.7 Å². The molecule has 1 N–H and O–H groups in total. The predicted molar refractivity (Wildman–Crippen MR) is 130 cm³/mol. The average molecular weight is 508 g/mol. The molecule has 1 saturated heterocycles. The van der Waals surface area contributed by atoms with E-state index < -0.39 is 17.8 Å². The normalized spacial score (nSPS) is 15.2. The molecule has 7 nitrogen and oxygen atoms in total. The molecule has 168 valence electrons. The number of aryl methyl sites for hydroxylation is 1. The monoisotopic (exact) mass is 507 g/mol. The Kier molecular flexibility index (Phi) is 6.20. The largest absolute Gasteiger partial charge is 0.494 e. The van der Waals surface area contributed by atoms with Gasteiger partial charge in [0, 0.05) is 21.5 Å². The van der Waals surface area contributed by atoms with Gasteiger partial charge in [-0.3, -0.25) is 14.9 Å². The van der Waals surface area contributed by atoms with Crippen LogP contribution in [0.25, 0.3) is 11.8 Å². The summed E-state index contributed by atoms with van der Waals surface area (Å²) in [6, 6.07) is 15.5. The third-order valence-electron chi connectivity index (χ3n) is 5.36. The Balaban J connectivity index is 1.71. The number of nitrogens with zero attached hydrogens (tertiary/aromatic N) is 2. The van der Waals surface area contributed by atoms with E-state index in [1.165, 1.54) is 6.08 Å². The smallest absolute Gasteiger partial charge is 0.335 e. The summed E-state index contributed by atoms with van der Waals surface area (Å²) in [4.78, 5) is 39.2. The highest BCUT2D eigenvalue weighted by Crippen LogP contribution is 2.27. The summed E-state index contributed by atoms with van der Waals surface area (Å²) in [5, 5.41) is 2.26. The number of carbonyl (C=O) groups excluding carboxylic acids is 3. The van der Waals surface area contributed by atoms with Gasteiger partial charge in [0.15, 0.2) is 0 Å². The molecule has 4 rings (SSSR count). The fraction of sp³-hybridized carbons (Fsp3) is 0.160. The lowest BCUT2D eigenvalue weighted by atomic mass is 10.1. The third kappa shape index (κ3) is 4.34. The summed E-state index contributed by atoms with van der Waals surface area (Å²) in [6.45, 7) is 6.24. The zero-order valence-corrected chi connectivity index (χ0v) is 20.0. The van der Waals surface area contributed by atoms with Crippen molar-refractivity contribution in [1.82, 2.24) is 9.88 Å². The summed E-state index contributed by atoms with van der Waals surface area (Å²) >= 11 is 3.44. The van der Waals surface area contributed by atoms with E-state index in [0.29, 0.717) is 18.0 Å². The molecule has 0 saturated carbocycles. The number of barbiturate groups is 1. The first-order valence-electron chi connectivity index (χ1n) is 10.4. The highest BCUT2D eigenvalue weighted by Gasteiger charge is 2.37. The molecule has 3 aromatic rings. The molecular weight excluding hydrogens is 486 g/mol. The molecular formula is C25H22BrN3O4. The predicted octanol–water partition coefficient (Wildman–Crippen LogP) is 4.92. The lowest BCUT2D eigenvalue weighted by Gasteiger charge is -2.26. The molecule has 0 aliphatic carbocycles. The molecule has 33 heavy (non-hydrogen) atoms. The number of nitrogens with one attached hydrogen (secondary N) is 1. The lowest BCUT2D eigenvalue weighted by Crippen LogP contribution is -2.54. The number of amides is 4. The summed E-state index contributed by atoms with van der Waals surface area (Å²) in [5.74, 6) is -0.777. The topological polar surface area (TPSA) is 80.6 Å². The Morgan fingerprint density at radius 2 is 1.61 bits per heavy atom. The van der Waals surface area contributed by atoms with Crippen LogP contribution in [0.1, 0.15) is 23.9 Å². The molecule has 0 unspecified atom stereocenters. The van der Waals surface area contributed by atoms with Crippen molar-refractivity contribution in [3.63, 3.8) is 0 Å². The van der Waals surface area contributed by atoms with Crippen molar-refractivity contribution in [1.29, 1.82) is 0 Å². The number of carbonyl (C=O) groups is 3. The minimum atomic E-state index is -0.786. The second-order valence-corrected chi connectivity index (χ2v) is 8.44. The number of aromatic nitrogens is 1. The molecule has 1 aromatic heterocycles. The highest BCUT2D eigenvalue weighted by atomic mass is 79.9. The van der Waals surface area contributed by atoms with Crippen LogP contribution in [0.2, 0.25) is 0 Å². The fourth-order valence-electron chi connectivity index (χ4n) is 3.83. The zero-order chi connectivity index (χ0) is 23.7. The molecule has 1 aliphatic rings. The maximum atomic E-state index is 13.2. The van der Waals surface area contributed by atoms with Crippen molar-refractivity contribution in [3.8, 4) is 11.4 Å². The third-order valence-corrected chi connectivity index (χ3v) is 5.89. The van der Waals surface area contributed by atoms with Crippen molar-refractivity contribution in [2.45, 2.75) is 20.8 Å². The van der Waals surface area contributed by atoms with Crippen molar-refractivity contribution < 1.29 is 19.1 Å². The van der Waals surface area contributed by atoms with Crippen LogP contribution in [0.5, 0.6) is 5.75 Å². The maximum absolute atomic E-state index is 13.2. The molecule has 2 aromatic carbocycles. The van der Waals surface area contributed by atoms with Gasteiger partial charge in [-0.05, 0) is 87.0 Å². The molecule has 0 atom stereocenters. The molecule has 8 heteroatoms. The highest BCUT2D eigenvalue weighted by molar-refractivity contribution is 9.10. The SMILES string of the molecule is CCOc1ccc(N2C(=O)NC(=O)C(=Cc3cc(C)n(-c4ccc(Br)cc4)c3C)C2=O)cc1. The quantitative estimate of drug-likeness (QED) is 0.392.